The van der Waals surface area contributed by atoms with Gasteiger partial charge in [0.15, 0.2) is 11.7 Å². The molecule has 0 spiro atoms. The number of fused-ring (bicyclic) bond motifs is 2. The third-order valence-electron chi connectivity index (χ3n) is 3.38. The average Bonchev–Trinajstić information content (AvgIpc) is 3.29. The molecule has 164 valence electrons. The van der Waals surface area contributed by atoms with Crippen LogP contribution in [0.25, 0.3) is 0 Å². The number of benzene rings is 2. The Morgan fingerprint density at radius 2 is 0.733 bits per heavy atom. The fourth-order valence-corrected chi connectivity index (χ4v) is 2.31. The van der Waals surface area contributed by atoms with E-state index in [1.165, 1.54) is 0 Å². The van der Waals surface area contributed by atoms with Crippen molar-refractivity contribution in [3.63, 3.8) is 0 Å². The summed E-state index contributed by atoms with van der Waals surface area (Å²) in [7, 11) is 0. The van der Waals surface area contributed by atoms with E-state index in [-0.39, 0.29) is 11.7 Å². The molecule has 0 unspecified atom stereocenters. The zero-order chi connectivity index (χ0) is 23.7. The van der Waals surface area contributed by atoms with Gasteiger partial charge in [0.2, 0.25) is 0 Å². The number of hydrogen-bond acceptors (Lipinski definition) is 4. The molecule has 2 aliphatic rings. The lowest BCUT2D eigenvalue weighted by Gasteiger charge is -1.94. The van der Waals surface area contributed by atoms with E-state index in [4.69, 9.17) is 22.3 Å². The number of hydrogen-bond donors (Lipinski definition) is 4. The molecule has 0 saturated heterocycles. The van der Waals surface area contributed by atoms with E-state index in [1.807, 2.05) is 104 Å². The Morgan fingerprint density at radius 1 is 0.500 bits per heavy atom. The molecule has 2 heterocycles. The van der Waals surface area contributed by atoms with Gasteiger partial charge in [-0.05, 0) is 0 Å². The predicted molar refractivity (Wildman–Crippen MR) is 133 cm³/mol. The molecule has 6 heteroatoms. The van der Waals surface area contributed by atoms with E-state index in [0.717, 1.165) is 22.3 Å². The van der Waals surface area contributed by atoms with Gasteiger partial charge in [-0.2, -0.15) is 0 Å². The highest BCUT2D eigenvalue weighted by Gasteiger charge is 2.16. The fourth-order valence-electron chi connectivity index (χ4n) is 2.31. The minimum absolute atomic E-state index is 0.262. The summed E-state index contributed by atoms with van der Waals surface area (Å²) in [4.78, 5) is 7.67. The first-order chi connectivity index (χ1) is 14.6. The van der Waals surface area contributed by atoms with Gasteiger partial charge in [0.25, 0.3) is 0 Å². The molecule has 0 aromatic heterocycles. The van der Waals surface area contributed by atoms with Crippen molar-refractivity contribution in [2.75, 3.05) is 0 Å². The maximum atomic E-state index is 7.39. The van der Waals surface area contributed by atoms with Crippen molar-refractivity contribution >= 4 is 23.3 Å². The lowest BCUT2D eigenvalue weighted by Crippen LogP contribution is -2.09. The summed E-state index contributed by atoms with van der Waals surface area (Å²) in [5.74, 6) is 1.42. The Morgan fingerprint density at radius 3 is 0.967 bits per heavy atom. The van der Waals surface area contributed by atoms with Crippen molar-refractivity contribution in [1.29, 1.82) is 10.8 Å². The smallest absolute Gasteiger partial charge is 0.154 e. The lowest BCUT2D eigenvalue weighted by molar-refractivity contribution is 1.44. The summed E-state index contributed by atoms with van der Waals surface area (Å²) in [5.41, 5.74) is 14.5. The molecule has 4 rings (SSSR count). The molecule has 2 aromatic rings. The zero-order valence-electron chi connectivity index (χ0n) is 19.7. The van der Waals surface area contributed by atoms with Crippen LogP contribution < -0.4 is 11.5 Å². The van der Waals surface area contributed by atoms with E-state index < -0.39 is 0 Å². The molecule has 6 N–H and O–H groups in total. The Hall–Kier alpha value is -3.28. The van der Waals surface area contributed by atoms with Crippen molar-refractivity contribution < 1.29 is 0 Å². The topological polar surface area (TPSA) is 124 Å². The number of amidine groups is 4. The first kappa shape index (κ1) is 28.9. The molecule has 0 amide bonds. The summed E-state index contributed by atoms with van der Waals surface area (Å²) >= 11 is 0. The van der Waals surface area contributed by atoms with Crippen molar-refractivity contribution in [3.05, 3.63) is 70.8 Å². The normalized spacial score (nSPS) is 11.5. The van der Waals surface area contributed by atoms with Crippen LogP contribution in [0.1, 0.15) is 77.6 Å². The van der Waals surface area contributed by atoms with Gasteiger partial charge in [0.1, 0.15) is 11.7 Å². The van der Waals surface area contributed by atoms with Crippen LogP contribution in [0.2, 0.25) is 0 Å². The quantitative estimate of drug-likeness (QED) is 0.453. The minimum Gasteiger partial charge on any atom is -0.383 e. The molecule has 6 nitrogen and oxygen atoms in total. The first-order valence-electron chi connectivity index (χ1n) is 10.6. The van der Waals surface area contributed by atoms with Crippen LogP contribution in [0.3, 0.4) is 0 Å². The summed E-state index contributed by atoms with van der Waals surface area (Å²) in [5, 5.41) is 14.8. The van der Waals surface area contributed by atoms with Crippen molar-refractivity contribution in [3.8, 4) is 0 Å². The van der Waals surface area contributed by atoms with Gasteiger partial charge in [-0.1, -0.05) is 104 Å². The van der Waals surface area contributed by atoms with Crippen LogP contribution in [-0.4, -0.2) is 23.3 Å². The molecule has 2 aromatic carbocycles. The van der Waals surface area contributed by atoms with E-state index >= 15 is 0 Å². The number of nitrogens with one attached hydrogen (secondary N) is 2. The Kier molecular flexibility index (Phi) is 16.1. The van der Waals surface area contributed by atoms with Crippen LogP contribution in [-0.2, 0) is 0 Å². The molecule has 2 aliphatic heterocycles. The van der Waals surface area contributed by atoms with Gasteiger partial charge in [0, 0.05) is 22.3 Å². The third-order valence-corrected chi connectivity index (χ3v) is 3.38. The Labute approximate surface area is 182 Å². The molecule has 0 saturated carbocycles. The number of nitrogens with zero attached hydrogens (tertiary/aromatic N) is 2. The average molecular weight is 411 g/mol. The Bertz CT molecular complexity index is 779. The molecule has 0 radical (unpaired) electrons. The maximum Gasteiger partial charge on any atom is 0.154 e. The molecule has 0 bridgehead atoms. The predicted octanol–water partition coefficient (Wildman–Crippen LogP) is 5.57. The fraction of sp³-hybridized carbons (Fsp3) is 0.333. The maximum absolute atomic E-state index is 7.39. The molecule has 0 atom stereocenters. The van der Waals surface area contributed by atoms with Crippen LogP contribution in [0, 0.1) is 10.8 Å². The second kappa shape index (κ2) is 16.7. The Balaban J connectivity index is 0. The molecular formula is C24H38N6. The van der Waals surface area contributed by atoms with E-state index in [2.05, 4.69) is 9.98 Å². The first-order valence-corrected chi connectivity index (χ1v) is 10.6. The largest absolute Gasteiger partial charge is 0.383 e. The number of aliphatic imine (C=N–C) groups is 2. The molecular weight excluding hydrogens is 372 g/mol. The third kappa shape index (κ3) is 7.62. The summed E-state index contributed by atoms with van der Waals surface area (Å²) < 4.78 is 0. The number of nitrogens with two attached hydrogens (primary N) is 2. The standard InChI is InChI=1S/2C8H7N3.4C2H6/c2*9-7-5-3-1-2-4-6(5)8(10)11-7;4*1-2/h2*1-4H,(H3,9,10,11);4*1-2H3. The van der Waals surface area contributed by atoms with Crippen LogP contribution in [0.4, 0.5) is 0 Å². The lowest BCUT2D eigenvalue weighted by atomic mass is 10.1. The van der Waals surface area contributed by atoms with Gasteiger partial charge in [0.05, 0.1) is 0 Å². The van der Waals surface area contributed by atoms with Gasteiger partial charge in [-0.3, -0.25) is 10.8 Å². The van der Waals surface area contributed by atoms with E-state index in [0.29, 0.717) is 11.7 Å². The van der Waals surface area contributed by atoms with E-state index in [1.54, 1.807) is 0 Å². The van der Waals surface area contributed by atoms with Crippen LogP contribution in [0.15, 0.2) is 58.5 Å². The second-order valence-corrected chi connectivity index (χ2v) is 4.78. The summed E-state index contributed by atoms with van der Waals surface area (Å²) in [6, 6.07) is 15.0. The highest BCUT2D eigenvalue weighted by Crippen LogP contribution is 2.16. The second-order valence-electron chi connectivity index (χ2n) is 4.78. The van der Waals surface area contributed by atoms with Gasteiger partial charge in [-0.25, -0.2) is 9.98 Å². The number of rotatable bonds is 0. The van der Waals surface area contributed by atoms with Crippen molar-refractivity contribution in [2.24, 2.45) is 21.5 Å². The highest BCUT2D eigenvalue weighted by molar-refractivity contribution is 6.21. The molecule has 30 heavy (non-hydrogen) atoms. The monoisotopic (exact) mass is 410 g/mol. The summed E-state index contributed by atoms with van der Waals surface area (Å²) in [6.07, 6.45) is 0. The van der Waals surface area contributed by atoms with Gasteiger partial charge < -0.3 is 11.5 Å². The van der Waals surface area contributed by atoms with Crippen molar-refractivity contribution in [1.82, 2.24) is 0 Å². The van der Waals surface area contributed by atoms with Crippen molar-refractivity contribution in [2.45, 2.75) is 55.4 Å². The van der Waals surface area contributed by atoms with Crippen LogP contribution in [0.5, 0.6) is 0 Å². The molecule has 0 aliphatic carbocycles. The van der Waals surface area contributed by atoms with Gasteiger partial charge in [-0.15, -0.1) is 0 Å². The SMILES string of the molecule is CC.CC.CC.CC.N=C1N=C(N)c2ccccc21.N=C1N=C(N)c2ccccc21. The minimum atomic E-state index is 0.262. The highest BCUT2D eigenvalue weighted by atomic mass is 14.9. The summed E-state index contributed by atoms with van der Waals surface area (Å²) in [6.45, 7) is 16.0. The van der Waals surface area contributed by atoms with Gasteiger partial charge >= 0.3 is 0 Å². The molecule has 0 fully saturated rings. The van der Waals surface area contributed by atoms with E-state index in [9.17, 15) is 0 Å². The van der Waals surface area contributed by atoms with Crippen LogP contribution >= 0.6 is 0 Å². The zero-order valence-corrected chi connectivity index (χ0v) is 19.7.